The predicted molar refractivity (Wildman–Crippen MR) is 121 cm³/mol. The highest BCUT2D eigenvalue weighted by atomic mass is 31.0. The van der Waals surface area contributed by atoms with E-state index in [1.54, 1.807) is 28.6 Å². The number of aromatic nitrogens is 1. The van der Waals surface area contributed by atoms with Crippen LogP contribution >= 0.6 is 9.39 Å². The van der Waals surface area contributed by atoms with Crippen LogP contribution < -0.4 is 4.90 Å². The molecule has 6 nitrogen and oxygen atoms in total. The Kier molecular flexibility index (Phi) is 6.45. The largest absolute Gasteiger partial charge is 0.443 e. The highest BCUT2D eigenvalue weighted by Gasteiger charge is 2.23. The molecule has 0 aliphatic rings. The van der Waals surface area contributed by atoms with Crippen LogP contribution in [0.5, 0.6) is 0 Å². The molecule has 0 aliphatic heterocycles. The monoisotopic (exact) mass is 413 g/mol. The summed E-state index contributed by atoms with van der Waals surface area (Å²) in [5.74, 6) is 2.22. The molecular formula is C22H28N3O3P. The number of carbonyl (C=O) groups is 2. The summed E-state index contributed by atoms with van der Waals surface area (Å²) in [6, 6.07) is 5.60. The number of anilines is 1. The Hall–Kier alpha value is -2.77. The lowest BCUT2D eigenvalue weighted by Crippen LogP contribution is -2.34. The first-order chi connectivity index (χ1) is 13.4. The van der Waals surface area contributed by atoms with Gasteiger partial charge in [0, 0.05) is 32.7 Å². The van der Waals surface area contributed by atoms with Crippen LogP contribution in [0.25, 0.3) is 10.9 Å². The summed E-state index contributed by atoms with van der Waals surface area (Å²) in [6.45, 7) is 7.39. The standard InChI is InChI=1S/C22H28N3O3P/c1-9-15(13-23(6)7)20(26)19-11-16-10-14(2)17(12-18(16)25(19)29)24(8)21(27)28-22(3,4)5/h1,10-13H,29H2,2-8H3/b15-13+. The highest BCUT2D eigenvalue weighted by molar-refractivity contribution is 7.15. The number of terminal acetylenes is 1. The van der Waals surface area contributed by atoms with Gasteiger partial charge in [-0.3, -0.25) is 9.69 Å². The van der Waals surface area contributed by atoms with Crippen molar-refractivity contribution >= 4 is 37.9 Å². The molecule has 1 aromatic heterocycles. The van der Waals surface area contributed by atoms with Crippen LogP contribution in [0.2, 0.25) is 0 Å². The number of ketones is 1. The lowest BCUT2D eigenvalue weighted by Gasteiger charge is -2.25. The zero-order chi connectivity index (χ0) is 22.1. The molecule has 0 aliphatic carbocycles. The number of rotatable bonds is 4. The van der Waals surface area contributed by atoms with Crippen LogP contribution in [0.1, 0.15) is 36.8 Å². The number of aryl methyl sites for hydroxylation is 1. The molecule has 0 fully saturated rings. The molecule has 2 aromatic rings. The van der Waals surface area contributed by atoms with E-state index in [4.69, 9.17) is 11.2 Å². The maximum absolute atomic E-state index is 12.9. The van der Waals surface area contributed by atoms with Gasteiger partial charge < -0.3 is 14.0 Å². The Labute approximate surface area is 174 Å². The summed E-state index contributed by atoms with van der Waals surface area (Å²) in [7, 11) is 7.83. The Morgan fingerprint density at radius 2 is 1.83 bits per heavy atom. The number of ether oxygens (including phenoxy) is 1. The fraction of sp³-hybridized carbons (Fsp3) is 0.364. The number of hydrogen-bond donors (Lipinski definition) is 0. The van der Waals surface area contributed by atoms with Gasteiger partial charge in [0.1, 0.15) is 5.60 Å². The Balaban J connectivity index is 2.52. The first kappa shape index (κ1) is 22.5. The van der Waals surface area contributed by atoms with Crippen molar-refractivity contribution in [1.82, 2.24) is 9.24 Å². The molecule has 0 radical (unpaired) electrons. The Morgan fingerprint density at radius 3 is 2.34 bits per heavy atom. The summed E-state index contributed by atoms with van der Waals surface area (Å²) in [6.07, 6.45) is 6.72. The molecule has 1 atom stereocenters. The summed E-state index contributed by atoms with van der Waals surface area (Å²) in [4.78, 5) is 28.6. The predicted octanol–water partition coefficient (Wildman–Crippen LogP) is 4.22. The van der Waals surface area contributed by atoms with Crippen LogP contribution in [-0.4, -0.2) is 47.9 Å². The van der Waals surface area contributed by atoms with Gasteiger partial charge in [-0.25, -0.2) is 4.79 Å². The fourth-order valence-electron chi connectivity index (χ4n) is 2.90. The smallest absolute Gasteiger partial charge is 0.414 e. The maximum Gasteiger partial charge on any atom is 0.414 e. The van der Waals surface area contributed by atoms with E-state index in [2.05, 4.69) is 15.3 Å². The highest BCUT2D eigenvalue weighted by Crippen LogP contribution is 2.31. The summed E-state index contributed by atoms with van der Waals surface area (Å²) >= 11 is 0. The molecule has 154 valence electrons. The summed E-state index contributed by atoms with van der Waals surface area (Å²) < 4.78 is 7.18. The third kappa shape index (κ3) is 4.99. The van der Waals surface area contributed by atoms with Gasteiger partial charge in [-0.05, 0) is 60.8 Å². The Bertz CT molecular complexity index is 1040. The third-order valence-corrected chi connectivity index (χ3v) is 4.76. The first-order valence-corrected chi connectivity index (χ1v) is 9.64. The number of benzene rings is 1. The fourth-order valence-corrected chi connectivity index (χ4v) is 3.32. The minimum Gasteiger partial charge on any atom is -0.443 e. The molecule has 0 bridgehead atoms. The maximum atomic E-state index is 12.9. The molecule has 1 aromatic carbocycles. The second-order valence-electron chi connectivity index (χ2n) is 8.12. The Morgan fingerprint density at radius 1 is 1.21 bits per heavy atom. The zero-order valence-electron chi connectivity index (χ0n) is 18.0. The molecular weight excluding hydrogens is 385 g/mol. The van der Waals surface area contributed by atoms with Gasteiger partial charge in [-0.15, -0.1) is 6.42 Å². The number of hydrogen-bond acceptors (Lipinski definition) is 4. The van der Waals surface area contributed by atoms with Crippen molar-refractivity contribution in [2.45, 2.75) is 33.3 Å². The van der Waals surface area contributed by atoms with Crippen molar-refractivity contribution in [3.63, 3.8) is 0 Å². The number of Topliss-reactive ketones (excluding diaryl/α,β-unsaturated/α-hetero) is 1. The van der Waals surface area contributed by atoms with Gasteiger partial charge in [-0.1, -0.05) is 5.92 Å². The van der Waals surface area contributed by atoms with Crippen LogP contribution in [0, 0.1) is 19.3 Å². The van der Waals surface area contributed by atoms with Crippen LogP contribution in [0.3, 0.4) is 0 Å². The van der Waals surface area contributed by atoms with Gasteiger partial charge in [0.25, 0.3) is 0 Å². The lowest BCUT2D eigenvalue weighted by atomic mass is 10.1. The second kappa shape index (κ2) is 8.31. The molecule has 0 saturated carbocycles. The summed E-state index contributed by atoms with van der Waals surface area (Å²) in [5.41, 5.74) is 2.51. The number of amides is 1. The second-order valence-corrected chi connectivity index (χ2v) is 8.63. The van der Waals surface area contributed by atoms with Crippen molar-refractivity contribution < 1.29 is 14.3 Å². The molecule has 7 heteroatoms. The quantitative estimate of drug-likeness (QED) is 0.326. The van der Waals surface area contributed by atoms with E-state index in [0.717, 1.165) is 16.5 Å². The van der Waals surface area contributed by atoms with Crippen molar-refractivity contribution in [2.75, 3.05) is 26.0 Å². The number of nitrogens with zero attached hydrogens (tertiary/aromatic N) is 3. The van der Waals surface area contributed by atoms with E-state index >= 15 is 0 Å². The van der Waals surface area contributed by atoms with E-state index in [-0.39, 0.29) is 11.4 Å². The number of allylic oxidation sites excluding steroid dienone is 1. The van der Waals surface area contributed by atoms with E-state index < -0.39 is 11.7 Å². The van der Waals surface area contributed by atoms with Gasteiger partial charge in [0.05, 0.1) is 22.5 Å². The zero-order valence-corrected chi connectivity index (χ0v) is 19.2. The van der Waals surface area contributed by atoms with Crippen LogP contribution in [0.4, 0.5) is 10.5 Å². The summed E-state index contributed by atoms with van der Waals surface area (Å²) in [5, 5.41) is 0.878. The van der Waals surface area contributed by atoms with Crippen LogP contribution in [0.15, 0.2) is 30.0 Å². The van der Waals surface area contributed by atoms with Gasteiger partial charge in [-0.2, -0.15) is 0 Å². The number of carbonyl (C=O) groups excluding carboxylic acids is 2. The van der Waals surface area contributed by atoms with Gasteiger partial charge in [0.2, 0.25) is 5.78 Å². The topological polar surface area (TPSA) is 54.8 Å². The SMILES string of the molecule is C#C/C(=C\N(C)C)C(=O)c1cc2cc(C)c(N(C)C(=O)OC(C)(C)C)cc2n1P. The number of fused-ring (bicyclic) bond motifs is 1. The molecule has 1 amide bonds. The third-order valence-electron chi connectivity index (χ3n) is 4.21. The van der Waals surface area contributed by atoms with E-state index in [1.807, 2.05) is 53.9 Å². The molecule has 0 N–H and O–H groups in total. The lowest BCUT2D eigenvalue weighted by molar-refractivity contribution is 0.0589. The molecule has 1 heterocycles. The van der Waals surface area contributed by atoms with E-state index in [1.165, 1.54) is 4.90 Å². The molecule has 29 heavy (non-hydrogen) atoms. The molecule has 0 saturated heterocycles. The van der Waals surface area contributed by atoms with Crippen LogP contribution in [-0.2, 0) is 4.74 Å². The average Bonchev–Trinajstić information content (AvgIpc) is 2.91. The first-order valence-electron chi connectivity index (χ1n) is 9.13. The van der Waals surface area contributed by atoms with E-state index in [0.29, 0.717) is 11.4 Å². The van der Waals surface area contributed by atoms with Crippen molar-refractivity contribution in [3.05, 3.63) is 41.2 Å². The molecule has 2 rings (SSSR count). The van der Waals surface area contributed by atoms with Crippen molar-refractivity contribution in [3.8, 4) is 12.3 Å². The van der Waals surface area contributed by atoms with Crippen molar-refractivity contribution in [1.29, 1.82) is 0 Å². The van der Waals surface area contributed by atoms with Gasteiger partial charge >= 0.3 is 6.09 Å². The van der Waals surface area contributed by atoms with Crippen molar-refractivity contribution in [2.24, 2.45) is 0 Å². The van der Waals surface area contributed by atoms with Gasteiger partial charge in [0.15, 0.2) is 0 Å². The minimum atomic E-state index is -0.589. The normalized spacial score (nSPS) is 11.9. The van der Waals surface area contributed by atoms with E-state index in [9.17, 15) is 9.59 Å². The minimum absolute atomic E-state index is 0.243. The molecule has 0 spiro atoms. The molecule has 1 unspecified atom stereocenters. The average molecular weight is 413 g/mol.